The molecule has 0 bridgehead atoms. The molecule has 1 amide bonds. The molecule has 0 aliphatic rings. The highest BCUT2D eigenvalue weighted by Crippen LogP contribution is 2.32. The maximum absolute atomic E-state index is 11.6. The van der Waals surface area contributed by atoms with Crippen LogP contribution in [0.4, 0.5) is 5.69 Å². The third kappa shape index (κ3) is 4.30. The molecule has 7 heteroatoms. The molecule has 2 aromatic rings. The van der Waals surface area contributed by atoms with E-state index in [0.717, 1.165) is 5.56 Å². The third-order valence-electron chi connectivity index (χ3n) is 3.23. The minimum Gasteiger partial charge on any atom is -0.388 e. The fraction of sp³-hybridized carbons (Fsp3) is 0.188. The average Bonchev–Trinajstić information content (AvgIpc) is 2.59. The van der Waals surface area contributed by atoms with Gasteiger partial charge in [0.1, 0.15) is 0 Å². The predicted octanol–water partition coefficient (Wildman–Crippen LogP) is 2.78. The summed E-state index contributed by atoms with van der Waals surface area (Å²) in [6, 6.07) is 13.4. The van der Waals surface area contributed by atoms with Crippen LogP contribution in [0.15, 0.2) is 53.4 Å². The summed E-state index contributed by atoms with van der Waals surface area (Å²) in [4.78, 5) is 22.7. The first-order chi connectivity index (χ1) is 11.0. The van der Waals surface area contributed by atoms with Crippen molar-refractivity contribution < 1.29 is 14.8 Å². The molecule has 0 aromatic heterocycles. The van der Waals surface area contributed by atoms with Crippen molar-refractivity contribution in [2.24, 2.45) is 0 Å². The number of aliphatic hydroxyl groups excluding tert-OH is 1. The smallest absolute Gasteiger partial charge is 0.283 e. The lowest BCUT2D eigenvalue weighted by atomic mass is 10.1. The van der Waals surface area contributed by atoms with Crippen molar-refractivity contribution >= 4 is 23.4 Å². The van der Waals surface area contributed by atoms with Crippen molar-refractivity contribution in [3.63, 3.8) is 0 Å². The quantitative estimate of drug-likeness (QED) is 0.482. The van der Waals surface area contributed by atoms with Crippen molar-refractivity contribution in [1.29, 1.82) is 0 Å². The number of carbonyl (C=O) groups excluding carboxylic acids is 1. The van der Waals surface area contributed by atoms with Crippen LogP contribution in [0.3, 0.4) is 0 Å². The highest BCUT2D eigenvalue weighted by molar-refractivity contribution is 7.99. The summed E-state index contributed by atoms with van der Waals surface area (Å²) in [5, 5.41) is 23.8. The zero-order valence-electron chi connectivity index (χ0n) is 12.4. The highest BCUT2D eigenvalue weighted by atomic mass is 32.2. The molecular formula is C16H16N2O4S. The molecule has 2 N–H and O–H groups in total. The molecule has 0 unspecified atom stereocenters. The van der Waals surface area contributed by atoms with Gasteiger partial charge in [-0.3, -0.25) is 14.9 Å². The summed E-state index contributed by atoms with van der Waals surface area (Å²) >= 11 is 1.18. The van der Waals surface area contributed by atoms with Gasteiger partial charge < -0.3 is 10.4 Å². The summed E-state index contributed by atoms with van der Waals surface area (Å²) in [6.07, 6.45) is -0.723. The number of nitrogens with one attached hydrogen (secondary N) is 1. The molecule has 0 radical (unpaired) electrons. The number of hydrogen-bond acceptors (Lipinski definition) is 5. The Morgan fingerprint density at radius 1 is 1.30 bits per heavy atom. The first kappa shape index (κ1) is 17.0. The lowest BCUT2D eigenvalue weighted by Crippen LogP contribution is -2.17. The number of carbonyl (C=O) groups is 1. The van der Waals surface area contributed by atoms with E-state index in [2.05, 4.69) is 5.32 Å². The highest BCUT2D eigenvalue weighted by Gasteiger charge is 2.19. The SMILES string of the molecule is CNC(=O)c1ccc(SC[C@@H](O)c2ccccc2)c([N+](=O)[O-])c1. The van der Waals surface area contributed by atoms with E-state index in [1.165, 1.54) is 37.0 Å². The van der Waals surface area contributed by atoms with Crippen LogP contribution in [-0.4, -0.2) is 28.7 Å². The molecule has 6 nitrogen and oxygen atoms in total. The molecule has 0 aliphatic heterocycles. The van der Waals surface area contributed by atoms with Crippen LogP contribution in [0.25, 0.3) is 0 Å². The van der Waals surface area contributed by atoms with Gasteiger partial charge in [-0.1, -0.05) is 30.3 Å². The second-order valence-corrected chi connectivity index (χ2v) is 5.82. The fourth-order valence-electron chi connectivity index (χ4n) is 2.01. The zero-order chi connectivity index (χ0) is 16.8. The Labute approximate surface area is 137 Å². The minimum absolute atomic E-state index is 0.142. The van der Waals surface area contributed by atoms with Crippen LogP contribution in [0.2, 0.25) is 0 Å². The van der Waals surface area contributed by atoms with E-state index < -0.39 is 11.0 Å². The Hall–Kier alpha value is -2.38. The van der Waals surface area contributed by atoms with Gasteiger partial charge in [0.05, 0.1) is 15.9 Å². The van der Waals surface area contributed by atoms with Gasteiger partial charge in [0.15, 0.2) is 0 Å². The molecule has 120 valence electrons. The molecule has 0 saturated heterocycles. The van der Waals surface area contributed by atoms with Crippen molar-refractivity contribution in [1.82, 2.24) is 5.32 Å². The minimum atomic E-state index is -0.723. The van der Waals surface area contributed by atoms with Crippen LogP contribution in [0, 0.1) is 10.1 Å². The molecule has 0 fully saturated rings. The molecule has 0 saturated carbocycles. The lowest BCUT2D eigenvalue weighted by Gasteiger charge is -2.11. The topological polar surface area (TPSA) is 92.5 Å². The number of thioether (sulfide) groups is 1. The van der Waals surface area contributed by atoms with Crippen molar-refractivity contribution in [3.05, 3.63) is 69.8 Å². The number of hydrogen-bond donors (Lipinski definition) is 2. The summed E-state index contributed by atoms with van der Waals surface area (Å²) < 4.78 is 0. The monoisotopic (exact) mass is 332 g/mol. The number of nitro groups is 1. The van der Waals surface area contributed by atoms with Gasteiger partial charge in [0.2, 0.25) is 0 Å². The third-order valence-corrected chi connectivity index (χ3v) is 4.36. The Balaban J connectivity index is 2.16. The molecule has 0 heterocycles. The van der Waals surface area contributed by atoms with E-state index in [9.17, 15) is 20.0 Å². The van der Waals surface area contributed by atoms with E-state index >= 15 is 0 Å². The lowest BCUT2D eigenvalue weighted by molar-refractivity contribution is -0.387. The molecule has 0 aliphatic carbocycles. The molecular weight excluding hydrogens is 316 g/mol. The average molecular weight is 332 g/mol. The first-order valence-corrected chi connectivity index (χ1v) is 7.88. The van der Waals surface area contributed by atoms with Crippen LogP contribution in [0.1, 0.15) is 22.0 Å². The summed E-state index contributed by atoms with van der Waals surface area (Å²) in [5.74, 6) is -0.0987. The maximum Gasteiger partial charge on any atom is 0.283 e. The van der Waals surface area contributed by atoms with Gasteiger partial charge in [0.25, 0.3) is 11.6 Å². The van der Waals surface area contributed by atoms with Crippen molar-refractivity contribution in [2.45, 2.75) is 11.0 Å². The number of rotatable bonds is 6. The second kappa shape index (κ2) is 7.75. The van der Waals surface area contributed by atoms with Gasteiger partial charge >= 0.3 is 0 Å². The van der Waals surface area contributed by atoms with Crippen LogP contribution in [0.5, 0.6) is 0 Å². The van der Waals surface area contributed by atoms with Gasteiger partial charge in [-0.2, -0.15) is 0 Å². The Bertz CT molecular complexity index is 706. The van der Waals surface area contributed by atoms with Gasteiger partial charge in [-0.25, -0.2) is 0 Å². The summed E-state index contributed by atoms with van der Waals surface area (Å²) in [7, 11) is 1.47. The number of nitrogens with zero attached hydrogens (tertiary/aromatic N) is 1. The number of benzene rings is 2. The largest absolute Gasteiger partial charge is 0.388 e. The summed E-state index contributed by atoms with van der Waals surface area (Å²) in [6.45, 7) is 0. The van der Waals surface area contributed by atoms with E-state index in [4.69, 9.17) is 0 Å². The van der Waals surface area contributed by atoms with Gasteiger partial charge in [-0.15, -0.1) is 11.8 Å². The zero-order valence-corrected chi connectivity index (χ0v) is 13.2. The van der Waals surface area contributed by atoms with Crippen LogP contribution >= 0.6 is 11.8 Å². The Kier molecular flexibility index (Phi) is 5.72. The Morgan fingerprint density at radius 2 is 2.00 bits per heavy atom. The summed E-state index contributed by atoms with van der Waals surface area (Å²) in [5.41, 5.74) is 0.841. The molecule has 23 heavy (non-hydrogen) atoms. The van der Waals surface area contributed by atoms with Crippen LogP contribution < -0.4 is 5.32 Å². The van der Waals surface area contributed by atoms with E-state index in [1.807, 2.05) is 18.2 Å². The van der Waals surface area contributed by atoms with E-state index in [0.29, 0.717) is 4.90 Å². The number of nitro benzene ring substituents is 1. The first-order valence-electron chi connectivity index (χ1n) is 6.89. The van der Waals surface area contributed by atoms with E-state index in [1.54, 1.807) is 12.1 Å². The standard InChI is InChI=1S/C16H16N2O4S/c1-17-16(20)12-7-8-15(13(9-12)18(21)22)23-10-14(19)11-5-3-2-4-6-11/h2-9,14,19H,10H2,1H3,(H,17,20)/t14-/m1/s1. The van der Waals surface area contributed by atoms with Crippen LogP contribution in [-0.2, 0) is 0 Å². The molecule has 1 atom stereocenters. The Morgan fingerprint density at radius 3 is 2.61 bits per heavy atom. The number of amides is 1. The maximum atomic E-state index is 11.6. The van der Waals surface area contributed by atoms with Crippen molar-refractivity contribution in [2.75, 3.05) is 12.8 Å². The number of aliphatic hydroxyl groups is 1. The van der Waals surface area contributed by atoms with Gasteiger partial charge in [-0.05, 0) is 17.7 Å². The normalized spacial score (nSPS) is 11.7. The van der Waals surface area contributed by atoms with E-state index in [-0.39, 0.29) is 22.9 Å². The molecule has 2 aromatic carbocycles. The fourth-order valence-corrected chi connectivity index (χ4v) is 2.98. The molecule has 0 spiro atoms. The second-order valence-electron chi connectivity index (χ2n) is 4.76. The molecule has 2 rings (SSSR count). The predicted molar refractivity (Wildman–Crippen MR) is 88.6 cm³/mol. The van der Waals surface area contributed by atoms with Gasteiger partial charge in [0, 0.05) is 24.4 Å². The van der Waals surface area contributed by atoms with Crippen molar-refractivity contribution in [3.8, 4) is 0 Å².